The summed E-state index contributed by atoms with van der Waals surface area (Å²) in [5, 5.41) is 0. The van der Waals surface area contributed by atoms with Crippen LogP contribution in [0.15, 0.2) is 87.4 Å². The van der Waals surface area contributed by atoms with Crippen molar-refractivity contribution in [3.05, 3.63) is 106 Å². The number of rotatable bonds is 5. The first kappa shape index (κ1) is 23.1. The lowest BCUT2D eigenvalue weighted by molar-refractivity contribution is 0.180. The van der Waals surface area contributed by atoms with E-state index in [4.69, 9.17) is 6.57 Å². The van der Waals surface area contributed by atoms with E-state index in [1.807, 2.05) is 28.8 Å². The minimum absolute atomic E-state index is 0.00108. The van der Waals surface area contributed by atoms with Gasteiger partial charge in [-0.3, -0.25) is 4.57 Å². The van der Waals surface area contributed by atoms with Crippen LogP contribution in [0.4, 0.5) is 0 Å². The predicted molar refractivity (Wildman–Crippen MR) is 145 cm³/mol. The zero-order chi connectivity index (χ0) is 24.5. The summed E-state index contributed by atoms with van der Waals surface area (Å²) in [7, 11) is 0. The van der Waals surface area contributed by atoms with Gasteiger partial charge in [-0.2, -0.15) is 0 Å². The molecule has 6 heteroatoms. The van der Waals surface area contributed by atoms with E-state index in [0.29, 0.717) is 0 Å². The van der Waals surface area contributed by atoms with Crippen molar-refractivity contribution in [3.8, 4) is 0 Å². The number of imidazole rings is 1. The minimum Gasteiger partial charge on any atom is -0.306 e. The highest BCUT2D eigenvalue weighted by Crippen LogP contribution is 2.47. The Balaban J connectivity index is 1.14. The van der Waals surface area contributed by atoms with Crippen LogP contribution in [-0.2, 0) is 12.0 Å². The van der Waals surface area contributed by atoms with Crippen LogP contribution in [0.5, 0.6) is 0 Å². The molecule has 3 aromatic carbocycles. The minimum atomic E-state index is -0.522. The van der Waals surface area contributed by atoms with Crippen LogP contribution in [0.25, 0.3) is 15.9 Å². The van der Waals surface area contributed by atoms with E-state index in [0.717, 1.165) is 62.8 Å². The van der Waals surface area contributed by atoms with Crippen molar-refractivity contribution in [2.45, 2.75) is 53.5 Å². The smallest absolute Gasteiger partial charge is 0.306 e. The van der Waals surface area contributed by atoms with E-state index in [-0.39, 0.29) is 11.7 Å². The summed E-state index contributed by atoms with van der Waals surface area (Å²) in [5.41, 5.74) is 3.85. The summed E-state index contributed by atoms with van der Waals surface area (Å²) < 4.78 is 1.96. The predicted octanol–water partition coefficient (Wildman–Crippen LogP) is 6.27. The second-order valence-electron chi connectivity index (χ2n) is 10.0. The second-order valence-corrected chi connectivity index (χ2v) is 11.1. The number of aromatic nitrogens is 2. The van der Waals surface area contributed by atoms with Crippen LogP contribution < -0.4 is 5.69 Å². The van der Waals surface area contributed by atoms with Gasteiger partial charge in [-0.15, -0.1) is 0 Å². The van der Waals surface area contributed by atoms with Crippen LogP contribution in [0.3, 0.4) is 0 Å². The third-order valence-corrected chi connectivity index (χ3v) is 9.08. The number of para-hydroxylation sites is 2. The molecule has 1 unspecified atom stereocenters. The highest BCUT2D eigenvalue weighted by Gasteiger charge is 2.43. The molecule has 0 radical (unpaired) electrons. The van der Waals surface area contributed by atoms with E-state index < -0.39 is 5.54 Å². The number of fused-ring (bicyclic) bond motifs is 3. The Morgan fingerprint density at radius 2 is 1.69 bits per heavy atom. The van der Waals surface area contributed by atoms with E-state index >= 15 is 0 Å². The maximum atomic E-state index is 12.6. The lowest BCUT2D eigenvalue weighted by atomic mass is 9.80. The zero-order valence-electron chi connectivity index (χ0n) is 20.3. The largest absolute Gasteiger partial charge is 0.326 e. The maximum absolute atomic E-state index is 12.6. The van der Waals surface area contributed by atoms with Crippen molar-refractivity contribution in [2.24, 2.45) is 0 Å². The SMILES string of the molecule is [C-]#[N+]C1(CCCN2CCC(n3c(=O)[nH]c4ccccc43)CC2)Cc2ccccc2Sc2ccccc21. The molecule has 1 atom stereocenters. The summed E-state index contributed by atoms with van der Waals surface area (Å²) in [4.78, 5) is 24.9. The van der Waals surface area contributed by atoms with Gasteiger partial charge >= 0.3 is 5.69 Å². The molecular formula is C30H30N4OS. The van der Waals surface area contributed by atoms with Crippen LogP contribution in [0.2, 0.25) is 0 Å². The van der Waals surface area contributed by atoms with Gasteiger partial charge in [-0.1, -0.05) is 54.2 Å². The summed E-state index contributed by atoms with van der Waals surface area (Å²) >= 11 is 1.80. The van der Waals surface area contributed by atoms with Crippen LogP contribution in [0.1, 0.15) is 42.9 Å². The molecule has 2 aliphatic heterocycles. The number of nitrogens with one attached hydrogen (secondary N) is 1. The van der Waals surface area contributed by atoms with Gasteiger partial charge in [-0.05, 0) is 61.7 Å². The molecule has 2 aliphatic rings. The number of benzene rings is 3. The van der Waals surface area contributed by atoms with Crippen molar-refractivity contribution >= 4 is 22.8 Å². The van der Waals surface area contributed by atoms with E-state index in [9.17, 15) is 4.79 Å². The monoisotopic (exact) mass is 494 g/mol. The topological polar surface area (TPSA) is 45.4 Å². The molecule has 6 rings (SSSR count). The Kier molecular flexibility index (Phi) is 6.20. The molecule has 182 valence electrons. The first-order valence-corrected chi connectivity index (χ1v) is 13.6. The number of likely N-dealkylation sites (tertiary alicyclic amines) is 1. The quantitative estimate of drug-likeness (QED) is 0.333. The molecule has 0 spiro atoms. The first-order valence-electron chi connectivity index (χ1n) is 12.8. The molecule has 1 fully saturated rings. The van der Waals surface area contributed by atoms with Gasteiger partial charge in [0.25, 0.3) is 5.54 Å². The van der Waals surface area contributed by atoms with Gasteiger partial charge < -0.3 is 14.7 Å². The van der Waals surface area contributed by atoms with Crippen LogP contribution in [-0.4, -0.2) is 34.1 Å². The molecule has 5 nitrogen and oxygen atoms in total. The van der Waals surface area contributed by atoms with E-state index in [2.05, 4.69) is 63.3 Å². The number of aromatic amines is 1. The molecule has 1 saturated heterocycles. The van der Waals surface area contributed by atoms with Crippen molar-refractivity contribution < 1.29 is 0 Å². The molecule has 0 aliphatic carbocycles. The molecule has 36 heavy (non-hydrogen) atoms. The number of nitrogens with zero attached hydrogens (tertiary/aromatic N) is 3. The van der Waals surface area contributed by atoms with Crippen LogP contribution >= 0.6 is 11.8 Å². The molecule has 1 N–H and O–H groups in total. The summed E-state index contributed by atoms with van der Waals surface area (Å²) in [5.74, 6) is 0. The molecular weight excluding hydrogens is 464 g/mol. The Labute approximate surface area is 216 Å². The highest BCUT2D eigenvalue weighted by molar-refractivity contribution is 7.99. The lowest BCUT2D eigenvalue weighted by Gasteiger charge is -2.33. The third kappa shape index (κ3) is 4.17. The summed E-state index contributed by atoms with van der Waals surface area (Å²) in [6, 6.07) is 25.2. The van der Waals surface area contributed by atoms with Gasteiger partial charge in [-0.25, -0.2) is 11.4 Å². The lowest BCUT2D eigenvalue weighted by Crippen LogP contribution is -2.38. The van der Waals surface area contributed by atoms with E-state index in [1.165, 1.54) is 20.9 Å². The molecule has 0 saturated carbocycles. The molecule has 0 bridgehead atoms. The number of piperidine rings is 1. The Morgan fingerprint density at radius 3 is 2.53 bits per heavy atom. The average molecular weight is 495 g/mol. The summed E-state index contributed by atoms with van der Waals surface area (Å²) in [6.07, 6.45) is 4.55. The van der Waals surface area contributed by atoms with Crippen LogP contribution in [0, 0.1) is 6.57 Å². The fourth-order valence-electron chi connectivity index (χ4n) is 6.03. The zero-order valence-corrected chi connectivity index (χ0v) is 21.1. The molecule has 0 amide bonds. The van der Waals surface area contributed by atoms with Crippen molar-refractivity contribution in [1.29, 1.82) is 0 Å². The number of hydrogen-bond donors (Lipinski definition) is 1. The van der Waals surface area contributed by atoms with Gasteiger partial charge in [0.1, 0.15) is 0 Å². The average Bonchev–Trinajstić information content (AvgIpc) is 3.17. The number of hydrogen-bond acceptors (Lipinski definition) is 3. The van der Waals surface area contributed by atoms with Gasteiger partial charge in [0.15, 0.2) is 0 Å². The first-order chi connectivity index (χ1) is 17.7. The Bertz CT molecular complexity index is 1490. The molecule has 1 aromatic heterocycles. The Morgan fingerprint density at radius 1 is 0.972 bits per heavy atom. The second kappa shape index (κ2) is 9.65. The molecule has 4 aromatic rings. The number of H-pyrrole nitrogens is 1. The van der Waals surface area contributed by atoms with Gasteiger partial charge in [0.2, 0.25) is 0 Å². The molecule has 3 heterocycles. The van der Waals surface area contributed by atoms with Crippen molar-refractivity contribution in [1.82, 2.24) is 14.5 Å². The Hall–Kier alpha value is -3.27. The normalized spacial score (nSPS) is 20.4. The third-order valence-electron chi connectivity index (χ3n) is 7.89. The standard InChI is InChI=1S/C30H30N4OS/c1-31-30(21-22-9-2-6-13-27(22)36-28-14-7-3-10-24(28)30)17-8-18-33-19-15-23(16-20-33)34-26-12-5-4-11-25(26)32-29(34)35/h2-7,9-14,23H,8,15-21H2,(H,32,35). The fraction of sp³-hybridized carbons (Fsp3) is 0.333. The fourth-order valence-corrected chi connectivity index (χ4v) is 7.20. The van der Waals surface area contributed by atoms with Crippen molar-refractivity contribution in [2.75, 3.05) is 19.6 Å². The maximum Gasteiger partial charge on any atom is 0.326 e. The summed E-state index contributed by atoms with van der Waals surface area (Å²) in [6.45, 7) is 11.3. The van der Waals surface area contributed by atoms with Gasteiger partial charge in [0.05, 0.1) is 23.0 Å². The highest BCUT2D eigenvalue weighted by atomic mass is 32.2. The van der Waals surface area contributed by atoms with E-state index in [1.54, 1.807) is 11.8 Å². The van der Waals surface area contributed by atoms with Crippen molar-refractivity contribution in [3.63, 3.8) is 0 Å². The van der Waals surface area contributed by atoms with Gasteiger partial charge in [0, 0.05) is 35.3 Å².